The van der Waals surface area contributed by atoms with E-state index in [0.29, 0.717) is 19.6 Å². The highest BCUT2D eigenvalue weighted by Crippen LogP contribution is 2.39. The summed E-state index contributed by atoms with van der Waals surface area (Å²) >= 11 is 0. The first-order valence-electron chi connectivity index (χ1n) is 4.98. The summed E-state index contributed by atoms with van der Waals surface area (Å²) in [5.41, 5.74) is 4.85. The van der Waals surface area contributed by atoms with Gasteiger partial charge in [-0.3, -0.25) is 10.1 Å². The van der Waals surface area contributed by atoms with Crippen LogP contribution in [0.3, 0.4) is 0 Å². The lowest BCUT2D eigenvalue weighted by atomic mass is 10.2. The van der Waals surface area contributed by atoms with Crippen LogP contribution in [0.15, 0.2) is 12.1 Å². The predicted octanol–water partition coefficient (Wildman–Crippen LogP) is 1.04. The van der Waals surface area contributed by atoms with E-state index in [4.69, 9.17) is 15.2 Å². The van der Waals surface area contributed by atoms with Gasteiger partial charge in [-0.15, -0.1) is 0 Å². The van der Waals surface area contributed by atoms with Crippen LogP contribution in [-0.2, 0) is 0 Å². The van der Waals surface area contributed by atoms with Crippen molar-refractivity contribution in [3.05, 3.63) is 22.2 Å². The van der Waals surface area contributed by atoms with Gasteiger partial charge in [0.25, 0.3) is 0 Å². The maximum atomic E-state index is 10.7. The first-order chi connectivity index (χ1) is 8.10. The van der Waals surface area contributed by atoms with Crippen molar-refractivity contribution in [3.63, 3.8) is 0 Å². The Morgan fingerprint density at radius 1 is 1.53 bits per heavy atom. The fraction of sp³-hybridized carbons (Fsp3) is 0.400. The second kappa shape index (κ2) is 5.90. The zero-order valence-electron chi connectivity index (χ0n) is 9.38. The predicted molar refractivity (Wildman–Crippen MR) is 60.5 cm³/mol. The van der Waals surface area contributed by atoms with Crippen molar-refractivity contribution in [1.82, 2.24) is 0 Å². The third-order valence-electron chi connectivity index (χ3n) is 2.06. The average molecular weight is 242 g/mol. The Bertz CT molecular complexity index is 408. The third-order valence-corrected chi connectivity index (χ3v) is 2.06. The SMILES string of the molecule is COc1cc(OCCCN)cc([N+](=O)[O-])c1O. The molecule has 0 amide bonds. The van der Waals surface area contributed by atoms with E-state index in [1.54, 1.807) is 0 Å². The van der Waals surface area contributed by atoms with Gasteiger partial charge in [-0.25, -0.2) is 0 Å². The van der Waals surface area contributed by atoms with Gasteiger partial charge < -0.3 is 20.3 Å². The highest BCUT2D eigenvalue weighted by Gasteiger charge is 2.20. The van der Waals surface area contributed by atoms with Crippen molar-refractivity contribution in [2.45, 2.75) is 6.42 Å². The minimum Gasteiger partial charge on any atom is -0.500 e. The largest absolute Gasteiger partial charge is 0.500 e. The Morgan fingerprint density at radius 2 is 2.24 bits per heavy atom. The Balaban J connectivity index is 2.99. The van der Waals surface area contributed by atoms with Crippen LogP contribution in [0.4, 0.5) is 5.69 Å². The van der Waals surface area contributed by atoms with Crippen LogP contribution in [0.1, 0.15) is 6.42 Å². The number of nitrogens with zero attached hydrogens (tertiary/aromatic N) is 1. The molecule has 0 aromatic heterocycles. The number of ether oxygens (including phenoxy) is 2. The molecule has 0 bridgehead atoms. The van der Waals surface area contributed by atoms with Crippen molar-refractivity contribution in [3.8, 4) is 17.2 Å². The minimum absolute atomic E-state index is 0.00180. The smallest absolute Gasteiger partial charge is 0.318 e. The highest BCUT2D eigenvalue weighted by molar-refractivity contribution is 5.59. The summed E-state index contributed by atoms with van der Waals surface area (Å²) < 4.78 is 10.1. The van der Waals surface area contributed by atoms with Gasteiger partial charge in [-0.2, -0.15) is 0 Å². The molecule has 0 atom stereocenters. The number of aromatic hydroxyl groups is 1. The summed E-state index contributed by atoms with van der Waals surface area (Å²) in [6, 6.07) is 2.53. The number of methoxy groups -OCH3 is 1. The van der Waals surface area contributed by atoms with Crippen LogP contribution < -0.4 is 15.2 Å². The van der Waals surface area contributed by atoms with Gasteiger partial charge in [0.15, 0.2) is 5.75 Å². The van der Waals surface area contributed by atoms with E-state index in [0.717, 1.165) is 6.07 Å². The quantitative estimate of drug-likeness (QED) is 0.438. The molecule has 7 heteroatoms. The molecule has 1 aromatic carbocycles. The topological polar surface area (TPSA) is 108 Å². The molecule has 0 radical (unpaired) electrons. The van der Waals surface area contributed by atoms with E-state index in [9.17, 15) is 15.2 Å². The molecule has 17 heavy (non-hydrogen) atoms. The lowest BCUT2D eigenvalue weighted by Crippen LogP contribution is -2.06. The fourth-order valence-corrected chi connectivity index (χ4v) is 1.22. The number of hydrogen-bond donors (Lipinski definition) is 2. The van der Waals surface area contributed by atoms with E-state index in [1.165, 1.54) is 13.2 Å². The van der Waals surface area contributed by atoms with Gasteiger partial charge in [-0.1, -0.05) is 0 Å². The average Bonchev–Trinajstić information content (AvgIpc) is 2.30. The van der Waals surface area contributed by atoms with Crippen molar-refractivity contribution in [1.29, 1.82) is 0 Å². The van der Waals surface area contributed by atoms with Crippen molar-refractivity contribution in [2.24, 2.45) is 5.73 Å². The Labute approximate surface area is 97.9 Å². The van der Waals surface area contributed by atoms with Crippen molar-refractivity contribution >= 4 is 5.69 Å². The van der Waals surface area contributed by atoms with Crippen LogP contribution in [0, 0.1) is 10.1 Å². The summed E-state index contributed by atoms with van der Waals surface area (Å²) in [7, 11) is 1.31. The van der Waals surface area contributed by atoms with Crippen LogP contribution in [-0.4, -0.2) is 30.3 Å². The van der Waals surface area contributed by atoms with Crippen molar-refractivity contribution in [2.75, 3.05) is 20.3 Å². The number of phenols is 1. The fourth-order valence-electron chi connectivity index (χ4n) is 1.22. The molecule has 0 aliphatic heterocycles. The van der Waals surface area contributed by atoms with E-state index >= 15 is 0 Å². The summed E-state index contributed by atoms with van der Waals surface area (Å²) in [5.74, 6) is -0.245. The third kappa shape index (κ3) is 3.22. The number of hydrogen-bond acceptors (Lipinski definition) is 6. The summed E-state index contributed by atoms with van der Waals surface area (Å²) in [6.07, 6.45) is 0.636. The monoisotopic (exact) mass is 242 g/mol. The second-order valence-electron chi connectivity index (χ2n) is 3.24. The van der Waals surface area contributed by atoms with Crippen LogP contribution in [0.25, 0.3) is 0 Å². The van der Waals surface area contributed by atoms with E-state index < -0.39 is 16.4 Å². The number of rotatable bonds is 6. The number of nitro benzene ring substituents is 1. The maximum Gasteiger partial charge on any atom is 0.318 e. The normalized spacial score (nSPS) is 10.0. The number of nitrogens with two attached hydrogens (primary N) is 1. The maximum absolute atomic E-state index is 10.7. The first-order valence-corrected chi connectivity index (χ1v) is 4.98. The molecule has 0 unspecified atom stereocenters. The van der Waals surface area contributed by atoms with Crippen molar-refractivity contribution < 1.29 is 19.5 Å². The Hall–Kier alpha value is -2.02. The Morgan fingerprint density at radius 3 is 2.76 bits per heavy atom. The van der Waals surface area contributed by atoms with Crippen LogP contribution in [0.2, 0.25) is 0 Å². The van der Waals surface area contributed by atoms with Gasteiger partial charge >= 0.3 is 5.69 Å². The zero-order chi connectivity index (χ0) is 12.8. The Kier molecular flexibility index (Phi) is 4.53. The van der Waals surface area contributed by atoms with Gasteiger partial charge in [0.05, 0.1) is 24.7 Å². The summed E-state index contributed by atoms with van der Waals surface area (Å²) in [4.78, 5) is 9.99. The van der Waals surface area contributed by atoms with Crippen LogP contribution >= 0.6 is 0 Å². The summed E-state index contributed by atoms with van der Waals surface area (Å²) in [6.45, 7) is 0.818. The molecular formula is C10H14N2O5. The summed E-state index contributed by atoms with van der Waals surface area (Å²) in [5, 5.41) is 20.2. The van der Waals surface area contributed by atoms with Gasteiger partial charge in [0.2, 0.25) is 5.75 Å². The molecule has 0 heterocycles. The molecule has 0 aliphatic carbocycles. The number of benzene rings is 1. The highest BCUT2D eigenvalue weighted by atomic mass is 16.6. The molecule has 7 nitrogen and oxygen atoms in total. The van der Waals surface area contributed by atoms with Gasteiger partial charge in [0, 0.05) is 6.07 Å². The zero-order valence-corrected chi connectivity index (χ0v) is 9.38. The molecule has 1 aromatic rings. The molecule has 0 saturated heterocycles. The standard InChI is InChI=1S/C10H14N2O5/c1-16-9-6-7(17-4-2-3-11)5-8(10(9)13)12(14)15/h5-6,13H,2-4,11H2,1H3. The van der Waals surface area contributed by atoms with E-state index in [-0.39, 0.29) is 11.5 Å². The first kappa shape index (κ1) is 13.0. The molecule has 0 aliphatic rings. The molecule has 0 spiro atoms. The van der Waals surface area contributed by atoms with E-state index in [2.05, 4.69) is 0 Å². The molecule has 94 valence electrons. The molecule has 3 N–H and O–H groups in total. The lowest BCUT2D eigenvalue weighted by molar-refractivity contribution is -0.386. The molecular weight excluding hydrogens is 228 g/mol. The van der Waals surface area contributed by atoms with Gasteiger partial charge in [-0.05, 0) is 13.0 Å². The van der Waals surface area contributed by atoms with E-state index in [1.807, 2.05) is 0 Å². The molecule has 1 rings (SSSR count). The minimum atomic E-state index is -0.701. The molecule has 0 fully saturated rings. The molecule has 0 saturated carbocycles. The second-order valence-corrected chi connectivity index (χ2v) is 3.24. The number of nitro groups is 1. The van der Waals surface area contributed by atoms with Gasteiger partial charge in [0.1, 0.15) is 5.75 Å². The lowest BCUT2D eigenvalue weighted by Gasteiger charge is -2.09. The number of phenolic OH excluding ortho intramolecular Hbond substituents is 1. The van der Waals surface area contributed by atoms with Crippen LogP contribution in [0.5, 0.6) is 17.2 Å².